The Morgan fingerprint density at radius 2 is 1.90 bits per heavy atom. The fourth-order valence-electron chi connectivity index (χ4n) is 3.01. The number of benzene rings is 2. The number of carbonyl (C=O) groups excluding carboxylic acids is 1. The quantitative estimate of drug-likeness (QED) is 0.512. The van der Waals surface area contributed by atoms with Gasteiger partial charge in [-0.25, -0.2) is 17.5 Å². The van der Waals surface area contributed by atoms with Crippen molar-refractivity contribution >= 4 is 44.4 Å². The molecule has 0 saturated heterocycles. The highest BCUT2D eigenvalue weighted by atomic mass is 35.5. The molecule has 0 spiro atoms. The molecule has 8 nitrogen and oxygen atoms in total. The molecular weight excluding hydrogens is 430 g/mol. The van der Waals surface area contributed by atoms with Crippen molar-refractivity contribution in [1.82, 2.24) is 14.6 Å². The summed E-state index contributed by atoms with van der Waals surface area (Å²) in [5.41, 5.74) is 1.46. The van der Waals surface area contributed by atoms with E-state index in [9.17, 15) is 23.1 Å². The third kappa shape index (κ3) is 4.33. The molecule has 1 unspecified atom stereocenters. The lowest BCUT2D eigenvalue weighted by Gasteiger charge is -2.16. The lowest BCUT2D eigenvalue weighted by atomic mass is 10.0. The Bertz CT molecular complexity index is 1220. The number of halogens is 1. The second-order valence-electron chi connectivity index (χ2n) is 6.86. The molecule has 1 atom stereocenters. The van der Waals surface area contributed by atoms with Gasteiger partial charge in [0.2, 0.25) is 10.0 Å². The highest BCUT2D eigenvalue weighted by Crippen LogP contribution is 2.23. The third-order valence-electron chi connectivity index (χ3n) is 4.66. The van der Waals surface area contributed by atoms with Gasteiger partial charge in [0.25, 0.3) is 5.91 Å². The number of hydrogen-bond donors (Lipinski definition) is 3. The van der Waals surface area contributed by atoms with Crippen LogP contribution >= 0.6 is 11.6 Å². The van der Waals surface area contributed by atoms with Gasteiger partial charge in [0.05, 0.1) is 15.5 Å². The highest BCUT2D eigenvalue weighted by molar-refractivity contribution is 7.89. The van der Waals surface area contributed by atoms with Crippen molar-refractivity contribution < 1.29 is 23.1 Å². The number of sulfonamides is 1. The van der Waals surface area contributed by atoms with E-state index in [1.165, 1.54) is 26.2 Å². The van der Waals surface area contributed by atoms with Crippen LogP contribution in [0, 0.1) is 0 Å². The first-order valence-corrected chi connectivity index (χ1v) is 10.7. The standard InChI is InChI=1S/C20H20ClN3O5S/c1-24(2)30(28,29)13-7-8-16(21)15(10-13)19(25)23-18(20(26)27)9-12-11-22-17-6-4-3-5-14(12)17/h3-8,10-11,18,22H,9H2,1-2H3,(H,23,25)(H,26,27). The molecule has 0 fully saturated rings. The maximum absolute atomic E-state index is 12.7. The number of aromatic amines is 1. The Morgan fingerprint density at radius 3 is 2.57 bits per heavy atom. The predicted octanol–water partition coefficient (Wildman–Crippen LogP) is 2.50. The number of nitrogens with one attached hydrogen (secondary N) is 2. The molecule has 0 radical (unpaired) electrons. The van der Waals surface area contributed by atoms with Gasteiger partial charge in [-0.3, -0.25) is 4.79 Å². The zero-order valence-electron chi connectivity index (χ0n) is 16.2. The van der Waals surface area contributed by atoms with Crippen molar-refractivity contribution in [1.29, 1.82) is 0 Å². The number of aliphatic carboxylic acids is 1. The van der Waals surface area contributed by atoms with Gasteiger partial charge < -0.3 is 15.4 Å². The molecule has 0 aliphatic carbocycles. The molecule has 1 aromatic heterocycles. The molecule has 1 heterocycles. The number of aromatic nitrogens is 1. The van der Waals surface area contributed by atoms with Crippen LogP contribution in [-0.2, 0) is 21.2 Å². The summed E-state index contributed by atoms with van der Waals surface area (Å²) in [7, 11) is -1.05. The molecule has 3 rings (SSSR count). The Labute approximate surface area is 178 Å². The van der Waals surface area contributed by atoms with Crippen molar-refractivity contribution in [2.24, 2.45) is 0 Å². The number of fused-ring (bicyclic) bond motifs is 1. The van der Waals surface area contributed by atoms with Crippen LogP contribution in [0.2, 0.25) is 5.02 Å². The van der Waals surface area contributed by atoms with E-state index in [-0.39, 0.29) is 21.9 Å². The zero-order chi connectivity index (χ0) is 22.1. The molecule has 3 aromatic rings. The molecule has 0 aliphatic rings. The zero-order valence-corrected chi connectivity index (χ0v) is 17.8. The normalized spacial score (nSPS) is 12.8. The van der Waals surface area contributed by atoms with Crippen LogP contribution < -0.4 is 5.32 Å². The summed E-state index contributed by atoms with van der Waals surface area (Å²) in [4.78, 5) is 27.5. The van der Waals surface area contributed by atoms with Gasteiger partial charge in [-0.05, 0) is 29.8 Å². The van der Waals surface area contributed by atoms with Gasteiger partial charge in [-0.2, -0.15) is 0 Å². The number of carboxylic acid groups (broad SMARTS) is 1. The van der Waals surface area contributed by atoms with Crippen LogP contribution in [0.25, 0.3) is 10.9 Å². The van der Waals surface area contributed by atoms with Crippen molar-refractivity contribution in [2.45, 2.75) is 17.4 Å². The first-order valence-electron chi connectivity index (χ1n) is 8.92. The minimum absolute atomic E-state index is 0.0152. The van der Waals surface area contributed by atoms with Crippen LogP contribution in [0.15, 0.2) is 53.6 Å². The van der Waals surface area contributed by atoms with Gasteiger partial charge in [0.1, 0.15) is 6.04 Å². The largest absolute Gasteiger partial charge is 0.480 e. The van der Waals surface area contributed by atoms with Crippen LogP contribution in [0.3, 0.4) is 0 Å². The van der Waals surface area contributed by atoms with Gasteiger partial charge in [-0.1, -0.05) is 29.8 Å². The maximum atomic E-state index is 12.7. The van der Waals surface area contributed by atoms with E-state index in [0.29, 0.717) is 0 Å². The predicted molar refractivity (Wildman–Crippen MR) is 113 cm³/mol. The SMILES string of the molecule is CN(C)S(=O)(=O)c1ccc(Cl)c(C(=O)NC(Cc2c[nH]c3ccccc23)C(=O)O)c1. The van der Waals surface area contributed by atoms with Gasteiger partial charge in [0.15, 0.2) is 0 Å². The van der Waals surface area contributed by atoms with Crippen LogP contribution in [0.1, 0.15) is 15.9 Å². The maximum Gasteiger partial charge on any atom is 0.326 e. The molecule has 0 aliphatic heterocycles. The molecular formula is C20H20ClN3O5S. The van der Waals surface area contributed by atoms with Crippen molar-refractivity contribution in [2.75, 3.05) is 14.1 Å². The first kappa shape index (κ1) is 21.8. The number of H-pyrrole nitrogens is 1. The Kier molecular flexibility index (Phi) is 6.16. The summed E-state index contributed by atoms with van der Waals surface area (Å²) in [6.45, 7) is 0. The number of carbonyl (C=O) groups is 2. The van der Waals surface area contributed by atoms with Gasteiger partial charge >= 0.3 is 5.97 Å². The fraction of sp³-hybridized carbons (Fsp3) is 0.200. The first-order chi connectivity index (χ1) is 14.1. The number of carboxylic acids is 1. The minimum Gasteiger partial charge on any atom is -0.480 e. The Morgan fingerprint density at radius 1 is 1.20 bits per heavy atom. The molecule has 158 valence electrons. The molecule has 1 amide bonds. The van der Waals surface area contributed by atoms with Crippen LogP contribution in [0.5, 0.6) is 0 Å². The summed E-state index contributed by atoms with van der Waals surface area (Å²) in [5.74, 6) is -2.00. The lowest BCUT2D eigenvalue weighted by molar-refractivity contribution is -0.139. The topological polar surface area (TPSA) is 120 Å². The number of amides is 1. The van der Waals surface area contributed by atoms with E-state index in [4.69, 9.17) is 11.6 Å². The summed E-state index contributed by atoms with van der Waals surface area (Å²) in [6, 6.07) is 9.90. The number of rotatable bonds is 7. The minimum atomic E-state index is -3.79. The highest BCUT2D eigenvalue weighted by Gasteiger charge is 2.25. The van der Waals surface area contributed by atoms with Crippen LogP contribution in [0.4, 0.5) is 0 Å². The van der Waals surface area contributed by atoms with E-state index in [1.54, 1.807) is 6.20 Å². The molecule has 10 heteroatoms. The smallest absolute Gasteiger partial charge is 0.326 e. The van der Waals surface area contributed by atoms with E-state index >= 15 is 0 Å². The van der Waals surface area contributed by atoms with E-state index in [0.717, 1.165) is 26.8 Å². The van der Waals surface area contributed by atoms with Crippen molar-refractivity contribution in [3.63, 3.8) is 0 Å². The molecule has 30 heavy (non-hydrogen) atoms. The van der Waals surface area contributed by atoms with E-state index in [1.807, 2.05) is 24.3 Å². The fourth-order valence-corrected chi connectivity index (χ4v) is 4.14. The van der Waals surface area contributed by atoms with Crippen molar-refractivity contribution in [3.8, 4) is 0 Å². The lowest BCUT2D eigenvalue weighted by Crippen LogP contribution is -2.42. The Balaban J connectivity index is 1.88. The summed E-state index contributed by atoms with van der Waals surface area (Å²) < 4.78 is 25.7. The van der Waals surface area contributed by atoms with E-state index < -0.39 is 27.9 Å². The second kappa shape index (κ2) is 8.47. The van der Waals surface area contributed by atoms with E-state index in [2.05, 4.69) is 10.3 Å². The molecule has 0 bridgehead atoms. The number of para-hydroxylation sites is 1. The monoisotopic (exact) mass is 449 g/mol. The van der Waals surface area contributed by atoms with Crippen LogP contribution in [-0.4, -0.2) is 54.8 Å². The summed E-state index contributed by atoms with van der Waals surface area (Å²) >= 11 is 6.08. The summed E-state index contributed by atoms with van der Waals surface area (Å²) in [6.07, 6.45) is 1.74. The number of hydrogen-bond acceptors (Lipinski definition) is 4. The van der Waals surface area contributed by atoms with Crippen molar-refractivity contribution in [3.05, 3.63) is 64.8 Å². The van der Waals surface area contributed by atoms with Gasteiger partial charge in [0, 0.05) is 37.6 Å². The average molecular weight is 450 g/mol. The second-order valence-corrected chi connectivity index (χ2v) is 9.42. The van der Waals surface area contributed by atoms with Gasteiger partial charge in [-0.15, -0.1) is 0 Å². The average Bonchev–Trinajstić information content (AvgIpc) is 3.10. The molecule has 0 saturated carbocycles. The summed E-state index contributed by atoms with van der Waals surface area (Å²) in [5, 5.41) is 12.9. The molecule has 2 aromatic carbocycles. The third-order valence-corrected chi connectivity index (χ3v) is 6.80. The molecule has 3 N–H and O–H groups in total. The number of nitrogens with zero attached hydrogens (tertiary/aromatic N) is 1. The Hall–Kier alpha value is -2.88.